The molecule has 0 aliphatic carbocycles. The number of carbonyl (C=O) groups excluding carboxylic acids is 3. The summed E-state index contributed by atoms with van der Waals surface area (Å²) in [5.74, 6) is -2.10. The van der Waals surface area contributed by atoms with Gasteiger partial charge in [-0.15, -0.1) is 0 Å². The predicted molar refractivity (Wildman–Crippen MR) is 89.6 cm³/mol. The number of nitrogens with zero attached hydrogens (tertiary/aromatic N) is 1. The van der Waals surface area contributed by atoms with Crippen LogP contribution >= 0.6 is 0 Å². The van der Waals surface area contributed by atoms with Crippen LogP contribution in [0.15, 0.2) is 24.3 Å². The molecule has 1 heterocycles. The molecule has 1 aromatic carbocycles. The molecule has 7 heteroatoms. The Morgan fingerprint density at radius 2 is 1.72 bits per heavy atom. The van der Waals surface area contributed by atoms with Crippen molar-refractivity contribution in [3.05, 3.63) is 35.4 Å². The fraction of sp³-hybridized carbons (Fsp3) is 0.444. The third-order valence-corrected chi connectivity index (χ3v) is 4.48. The largest absolute Gasteiger partial charge is 0.480 e. The normalized spacial score (nSPS) is 16.6. The second kappa shape index (κ2) is 7.92. The quantitative estimate of drug-likeness (QED) is 0.729. The summed E-state index contributed by atoms with van der Waals surface area (Å²) in [4.78, 5) is 48.0. The Balaban J connectivity index is 2.03. The highest BCUT2D eigenvalue weighted by Gasteiger charge is 2.29. The zero-order chi connectivity index (χ0) is 18.6. The zero-order valence-electron chi connectivity index (χ0n) is 14.3. The summed E-state index contributed by atoms with van der Waals surface area (Å²) < 4.78 is 0. The maximum Gasteiger partial charge on any atom is 0.326 e. The highest BCUT2D eigenvalue weighted by atomic mass is 16.4. The molecule has 0 spiro atoms. The van der Waals surface area contributed by atoms with Gasteiger partial charge >= 0.3 is 5.97 Å². The molecule has 1 aliphatic rings. The molecule has 0 aromatic heterocycles. The highest BCUT2D eigenvalue weighted by Crippen LogP contribution is 2.16. The summed E-state index contributed by atoms with van der Waals surface area (Å²) in [6, 6.07) is 5.49. The molecule has 7 nitrogen and oxygen atoms in total. The van der Waals surface area contributed by atoms with E-state index in [0.717, 1.165) is 5.56 Å². The Labute approximate surface area is 146 Å². The number of carboxylic acids is 1. The summed E-state index contributed by atoms with van der Waals surface area (Å²) >= 11 is 0. The second-order valence-electron chi connectivity index (χ2n) is 6.25. The van der Waals surface area contributed by atoms with E-state index in [1.54, 1.807) is 31.2 Å². The molecule has 0 unspecified atom stereocenters. The molecular formula is C18H22N2O5. The molecular weight excluding hydrogens is 324 g/mol. The fourth-order valence-corrected chi connectivity index (χ4v) is 2.65. The van der Waals surface area contributed by atoms with Crippen LogP contribution in [0.4, 0.5) is 0 Å². The van der Waals surface area contributed by atoms with Gasteiger partial charge in [-0.3, -0.25) is 19.3 Å². The lowest BCUT2D eigenvalue weighted by atomic mass is 9.99. The lowest BCUT2D eigenvalue weighted by molar-refractivity contribution is -0.141. The fourth-order valence-electron chi connectivity index (χ4n) is 2.65. The molecule has 2 N–H and O–H groups in total. The Bertz CT molecular complexity index is 667. The van der Waals surface area contributed by atoms with Crippen LogP contribution in [0.1, 0.15) is 49.0 Å². The highest BCUT2D eigenvalue weighted by molar-refractivity contribution is 6.02. The molecule has 1 fully saturated rings. The molecule has 1 saturated heterocycles. The number of likely N-dealkylation sites (tertiary alicyclic amines) is 1. The first-order chi connectivity index (χ1) is 11.8. The van der Waals surface area contributed by atoms with Crippen molar-refractivity contribution in [1.29, 1.82) is 0 Å². The Hall–Kier alpha value is -2.70. The molecule has 0 radical (unpaired) electrons. The Morgan fingerprint density at radius 1 is 1.16 bits per heavy atom. The SMILES string of the molecule is CC[C@H](C)[C@H](NC(=O)c1ccc(CN2C(=O)CCC2=O)cc1)C(=O)O. The van der Waals surface area contributed by atoms with Crippen molar-refractivity contribution in [2.45, 2.75) is 45.7 Å². The van der Waals surface area contributed by atoms with E-state index in [9.17, 15) is 24.3 Å². The maximum atomic E-state index is 12.2. The molecule has 25 heavy (non-hydrogen) atoms. The van der Waals surface area contributed by atoms with Crippen LogP contribution in [-0.2, 0) is 20.9 Å². The van der Waals surface area contributed by atoms with Gasteiger partial charge in [0.1, 0.15) is 6.04 Å². The van der Waals surface area contributed by atoms with Gasteiger partial charge in [0.25, 0.3) is 5.91 Å². The van der Waals surface area contributed by atoms with Crippen molar-refractivity contribution >= 4 is 23.7 Å². The lowest BCUT2D eigenvalue weighted by Crippen LogP contribution is -2.45. The van der Waals surface area contributed by atoms with Gasteiger partial charge < -0.3 is 10.4 Å². The summed E-state index contributed by atoms with van der Waals surface area (Å²) in [5.41, 5.74) is 1.06. The first kappa shape index (κ1) is 18.6. The molecule has 1 aliphatic heterocycles. The van der Waals surface area contributed by atoms with Crippen LogP contribution in [0.3, 0.4) is 0 Å². The van der Waals surface area contributed by atoms with Gasteiger partial charge in [-0.2, -0.15) is 0 Å². The molecule has 134 valence electrons. The van der Waals surface area contributed by atoms with E-state index in [0.29, 0.717) is 12.0 Å². The lowest BCUT2D eigenvalue weighted by Gasteiger charge is -2.20. The summed E-state index contributed by atoms with van der Waals surface area (Å²) in [7, 11) is 0. The number of rotatable bonds is 7. The third kappa shape index (κ3) is 4.43. The summed E-state index contributed by atoms with van der Waals surface area (Å²) in [6.45, 7) is 3.82. The van der Waals surface area contributed by atoms with Crippen LogP contribution in [0, 0.1) is 5.92 Å². The number of benzene rings is 1. The summed E-state index contributed by atoms with van der Waals surface area (Å²) in [6.07, 6.45) is 1.12. The monoisotopic (exact) mass is 346 g/mol. The number of imide groups is 1. The van der Waals surface area contributed by atoms with Gasteiger partial charge in [0.05, 0.1) is 6.54 Å². The van der Waals surface area contributed by atoms with E-state index in [2.05, 4.69) is 5.32 Å². The van der Waals surface area contributed by atoms with Gasteiger partial charge in [0.15, 0.2) is 0 Å². The van der Waals surface area contributed by atoms with Crippen LogP contribution in [0.25, 0.3) is 0 Å². The van der Waals surface area contributed by atoms with Crippen LogP contribution in [0.2, 0.25) is 0 Å². The second-order valence-corrected chi connectivity index (χ2v) is 6.25. The van der Waals surface area contributed by atoms with Crippen LogP contribution in [-0.4, -0.2) is 39.7 Å². The smallest absolute Gasteiger partial charge is 0.326 e. The molecule has 0 saturated carbocycles. The molecule has 3 amide bonds. The van der Waals surface area contributed by atoms with Crippen molar-refractivity contribution < 1.29 is 24.3 Å². The van der Waals surface area contributed by atoms with Crippen molar-refractivity contribution in [2.75, 3.05) is 0 Å². The molecule has 2 atom stereocenters. The average molecular weight is 346 g/mol. The van der Waals surface area contributed by atoms with Crippen LogP contribution < -0.4 is 5.32 Å². The van der Waals surface area contributed by atoms with E-state index in [-0.39, 0.29) is 37.1 Å². The Kier molecular flexibility index (Phi) is 5.90. The van der Waals surface area contributed by atoms with E-state index in [4.69, 9.17) is 0 Å². The number of hydrogen-bond donors (Lipinski definition) is 2. The van der Waals surface area contributed by atoms with Crippen molar-refractivity contribution in [2.24, 2.45) is 5.92 Å². The molecule has 0 bridgehead atoms. The maximum absolute atomic E-state index is 12.2. The van der Waals surface area contributed by atoms with E-state index < -0.39 is 17.9 Å². The average Bonchev–Trinajstić information content (AvgIpc) is 2.91. The number of aliphatic carboxylic acids is 1. The third-order valence-electron chi connectivity index (χ3n) is 4.48. The van der Waals surface area contributed by atoms with Gasteiger partial charge in [-0.05, 0) is 23.6 Å². The molecule has 1 aromatic rings. The van der Waals surface area contributed by atoms with Gasteiger partial charge in [0, 0.05) is 18.4 Å². The minimum atomic E-state index is -1.06. The van der Waals surface area contributed by atoms with Crippen molar-refractivity contribution in [1.82, 2.24) is 10.2 Å². The molecule has 2 rings (SSSR count). The minimum absolute atomic E-state index is 0.185. The van der Waals surface area contributed by atoms with E-state index in [1.807, 2.05) is 6.92 Å². The minimum Gasteiger partial charge on any atom is -0.480 e. The predicted octanol–water partition coefficient (Wildman–Crippen LogP) is 1.56. The first-order valence-corrected chi connectivity index (χ1v) is 8.29. The zero-order valence-corrected chi connectivity index (χ0v) is 14.3. The van der Waals surface area contributed by atoms with Gasteiger partial charge in [-0.25, -0.2) is 4.79 Å². The van der Waals surface area contributed by atoms with Crippen molar-refractivity contribution in [3.8, 4) is 0 Å². The Morgan fingerprint density at radius 3 is 2.20 bits per heavy atom. The summed E-state index contributed by atoms with van der Waals surface area (Å²) in [5, 5.41) is 11.8. The van der Waals surface area contributed by atoms with Crippen molar-refractivity contribution in [3.63, 3.8) is 0 Å². The van der Waals surface area contributed by atoms with E-state index >= 15 is 0 Å². The number of hydrogen-bond acceptors (Lipinski definition) is 4. The van der Waals surface area contributed by atoms with Crippen LogP contribution in [0.5, 0.6) is 0 Å². The topological polar surface area (TPSA) is 104 Å². The number of carbonyl (C=O) groups is 4. The number of amides is 3. The number of nitrogens with one attached hydrogen (secondary N) is 1. The standard InChI is InChI=1S/C18H22N2O5/c1-3-11(2)16(18(24)25)19-17(23)13-6-4-12(5-7-13)10-20-14(21)8-9-15(20)22/h4-7,11,16H,3,8-10H2,1-2H3,(H,19,23)(H,24,25)/t11-,16-/m0/s1. The first-order valence-electron chi connectivity index (χ1n) is 8.29. The van der Waals surface area contributed by atoms with Gasteiger partial charge in [-0.1, -0.05) is 32.4 Å². The van der Waals surface area contributed by atoms with Gasteiger partial charge in [0.2, 0.25) is 11.8 Å². The number of carboxylic acid groups (broad SMARTS) is 1. The van der Waals surface area contributed by atoms with E-state index in [1.165, 1.54) is 4.90 Å².